The molecular weight excluding hydrogens is 417 g/mol. The summed E-state index contributed by atoms with van der Waals surface area (Å²) in [7, 11) is 0. The maximum atomic E-state index is 13.3. The number of aromatic carboxylic acids is 1. The summed E-state index contributed by atoms with van der Waals surface area (Å²) >= 11 is 5.77. The van der Waals surface area contributed by atoms with E-state index in [0.29, 0.717) is 16.8 Å². The summed E-state index contributed by atoms with van der Waals surface area (Å²) in [5.41, 5.74) is 1.10. The van der Waals surface area contributed by atoms with Gasteiger partial charge in [-0.15, -0.1) is 0 Å². The largest absolute Gasteiger partial charge is 0.480 e. The molecule has 0 saturated heterocycles. The number of carboxylic acids is 2. The Kier molecular flexibility index (Phi) is 6.07. The van der Waals surface area contributed by atoms with Crippen LogP contribution < -0.4 is 10.6 Å². The Morgan fingerprint density at radius 1 is 1.17 bits per heavy atom. The van der Waals surface area contributed by atoms with Crippen molar-refractivity contribution < 1.29 is 24.2 Å². The van der Waals surface area contributed by atoms with Crippen LogP contribution in [0.25, 0.3) is 11.1 Å². The van der Waals surface area contributed by atoms with Gasteiger partial charge in [0.15, 0.2) is 0 Å². The van der Waals surface area contributed by atoms with Crippen LogP contribution in [0.15, 0.2) is 42.9 Å². The first-order valence-corrected chi connectivity index (χ1v) is 8.89. The van der Waals surface area contributed by atoms with Crippen molar-refractivity contribution in [3.63, 3.8) is 0 Å². The molecule has 154 valence electrons. The van der Waals surface area contributed by atoms with Crippen molar-refractivity contribution in [1.82, 2.24) is 15.0 Å². The van der Waals surface area contributed by atoms with Gasteiger partial charge in [0.25, 0.3) is 0 Å². The molecule has 9 nitrogen and oxygen atoms in total. The minimum absolute atomic E-state index is 0.0483. The summed E-state index contributed by atoms with van der Waals surface area (Å²) < 4.78 is 13.3. The van der Waals surface area contributed by atoms with Gasteiger partial charge in [0.1, 0.15) is 17.7 Å². The number of halogens is 2. The van der Waals surface area contributed by atoms with Crippen LogP contribution in [0.1, 0.15) is 17.3 Å². The van der Waals surface area contributed by atoms with Gasteiger partial charge < -0.3 is 20.8 Å². The molecule has 0 aliphatic carbocycles. The van der Waals surface area contributed by atoms with E-state index in [-0.39, 0.29) is 22.4 Å². The van der Waals surface area contributed by atoms with Gasteiger partial charge in [0.05, 0.1) is 10.6 Å². The van der Waals surface area contributed by atoms with Crippen LogP contribution in [0.5, 0.6) is 0 Å². The van der Waals surface area contributed by atoms with Crippen molar-refractivity contribution >= 4 is 41.0 Å². The van der Waals surface area contributed by atoms with Crippen LogP contribution in [-0.2, 0) is 4.79 Å². The molecule has 0 aliphatic rings. The number of aliphatic carboxylic acids is 1. The number of carboxylic acid groups (broad SMARTS) is 2. The standard InChI is InChI=1S/C19H15ClFN5O4/c1-9(17(27)28)24-16-13(10-4-11(18(29)30)7-22-6-10)8-23-19(26-16)25-12-2-3-15(21)14(20)5-12/h2-9H,1H3,(H,27,28)(H,29,30)(H2,23,24,25,26)/t9-/m1/s1. The normalized spacial score (nSPS) is 11.6. The molecule has 30 heavy (non-hydrogen) atoms. The highest BCUT2D eigenvalue weighted by Crippen LogP contribution is 2.29. The number of carbonyl (C=O) groups is 2. The van der Waals surface area contributed by atoms with E-state index in [1.165, 1.54) is 49.8 Å². The third kappa shape index (κ3) is 4.78. The molecule has 1 atom stereocenters. The highest BCUT2D eigenvalue weighted by atomic mass is 35.5. The number of anilines is 3. The summed E-state index contributed by atoms with van der Waals surface area (Å²) in [6.07, 6.45) is 3.99. The molecule has 0 saturated carbocycles. The van der Waals surface area contributed by atoms with Crippen LogP contribution in [0.4, 0.5) is 21.8 Å². The van der Waals surface area contributed by atoms with Crippen molar-refractivity contribution in [2.45, 2.75) is 13.0 Å². The molecule has 0 radical (unpaired) electrons. The molecule has 0 spiro atoms. The van der Waals surface area contributed by atoms with Crippen molar-refractivity contribution in [1.29, 1.82) is 0 Å². The third-order valence-corrected chi connectivity index (χ3v) is 4.27. The fourth-order valence-electron chi connectivity index (χ4n) is 2.44. The first kappa shape index (κ1) is 20.9. The summed E-state index contributed by atoms with van der Waals surface area (Å²) in [4.78, 5) is 34.9. The minimum atomic E-state index is -1.16. The van der Waals surface area contributed by atoms with Gasteiger partial charge in [-0.2, -0.15) is 4.98 Å². The Morgan fingerprint density at radius 2 is 1.93 bits per heavy atom. The van der Waals surface area contributed by atoms with Gasteiger partial charge >= 0.3 is 11.9 Å². The number of hydrogen-bond acceptors (Lipinski definition) is 7. The molecule has 0 amide bonds. The smallest absolute Gasteiger partial charge is 0.337 e. The van der Waals surface area contributed by atoms with E-state index >= 15 is 0 Å². The average molecular weight is 432 g/mol. The Morgan fingerprint density at radius 3 is 2.60 bits per heavy atom. The molecule has 3 rings (SSSR count). The zero-order chi connectivity index (χ0) is 21.8. The van der Waals surface area contributed by atoms with E-state index in [1.54, 1.807) is 0 Å². The number of rotatable bonds is 7. The highest BCUT2D eigenvalue weighted by molar-refractivity contribution is 6.31. The number of nitrogens with one attached hydrogen (secondary N) is 2. The number of pyridine rings is 1. The topological polar surface area (TPSA) is 137 Å². The Bertz CT molecular complexity index is 1130. The molecule has 2 aromatic heterocycles. The minimum Gasteiger partial charge on any atom is -0.480 e. The predicted molar refractivity (Wildman–Crippen MR) is 108 cm³/mol. The second kappa shape index (κ2) is 8.70. The number of aromatic nitrogens is 3. The van der Waals surface area contributed by atoms with E-state index in [2.05, 4.69) is 25.6 Å². The number of hydrogen-bond donors (Lipinski definition) is 4. The maximum Gasteiger partial charge on any atom is 0.337 e. The molecule has 0 bridgehead atoms. The average Bonchev–Trinajstić information content (AvgIpc) is 2.71. The summed E-state index contributed by atoms with van der Waals surface area (Å²) in [6, 6.07) is 4.33. The van der Waals surface area contributed by atoms with Crippen LogP contribution >= 0.6 is 11.6 Å². The fourth-order valence-corrected chi connectivity index (χ4v) is 2.62. The molecule has 0 fully saturated rings. The van der Waals surface area contributed by atoms with Crippen molar-refractivity contribution in [3.8, 4) is 11.1 Å². The monoisotopic (exact) mass is 431 g/mol. The van der Waals surface area contributed by atoms with Gasteiger partial charge in [-0.05, 0) is 31.2 Å². The molecule has 2 heterocycles. The molecule has 11 heteroatoms. The van der Waals surface area contributed by atoms with E-state index in [1.807, 2.05) is 0 Å². The molecule has 3 aromatic rings. The van der Waals surface area contributed by atoms with Crippen molar-refractivity contribution in [3.05, 3.63) is 59.3 Å². The SMILES string of the molecule is C[C@@H](Nc1nc(Nc2ccc(F)c(Cl)c2)ncc1-c1cncc(C(=O)O)c1)C(=O)O. The second-order valence-electron chi connectivity index (χ2n) is 6.18. The quantitative estimate of drug-likeness (QED) is 0.441. The van der Waals surface area contributed by atoms with Gasteiger partial charge in [-0.1, -0.05) is 11.6 Å². The molecule has 1 aromatic carbocycles. The first-order chi connectivity index (χ1) is 14.2. The third-order valence-electron chi connectivity index (χ3n) is 3.98. The number of nitrogens with zero attached hydrogens (tertiary/aromatic N) is 3. The summed E-state index contributed by atoms with van der Waals surface area (Å²) in [6.45, 7) is 1.42. The highest BCUT2D eigenvalue weighted by Gasteiger charge is 2.17. The molecule has 0 aliphatic heterocycles. The molecule has 4 N–H and O–H groups in total. The van der Waals surface area contributed by atoms with Gasteiger partial charge in [-0.3, -0.25) is 9.78 Å². The first-order valence-electron chi connectivity index (χ1n) is 8.51. The summed E-state index contributed by atoms with van der Waals surface area (Å²) in [5.74, 6) is -2.63. The molecule has 0 unspecified atom stereocenters. The maximum absolute atomic E-state index is 13.3. The Balaban J connectivity index is 2.02. The van der Waals surface area contributed by atoms with Gasteiger partial charge in [0, 0.05) is 35.4 Å². The van der Waals surface area contributed by atoms with Crippen LogP contribution in [0.3, 0.4) is 0 Å². The van der Waals surface area contributed by atoms with Gasteiger partial charge in [-0.25, -0.2) is 14.2 Å². The fraction of sp³-hybridized carbons (Fsp3) is 0.105. The lowest BCUT2D eigenvalue weighted by atomic mass is 10.1. The van der Waals surface area contributed by atoms with Crippen molar-refractivity contribution in [2.75, 3.05) is 10.6 Å². The summed E-state index contributed by atoms with van der Waals surface area (Å²) in [5, 5.41) is 23.9. The zero-order valence-corrected chi connectivity index (χ0v) is 16.2. The van der Waals surface area contributed by atoms with E-state index in [0.717, 1.165) is 0 Å². The zero-order valence-electron chi connectivity index (χ0n) is 15.4. The van der Waals surface area contributed by atoms with Crippen molar-refractivity contribution in [2.24, 2.45) is 0 Å². The van der Waals surface area contributed by atoms with Crippen LogP contribution in [0, 0.1) is 5.82 Å². The van der Waals surface area contributed by atoms with E-state index in [4.69, 9.17) is 11.6 Å². The second-order valence-corrected chi connectivity index (χ2v) is 6.59. The van der Waals surface area contributed by atoms with Gasteiger partial charge in [0.2, 0.25) is 5.95 Å². The van der Waals surface area contributed by atoms with E-state index in [9.17, 15) is 24.2 Å². The lowest BCUT2D eigenvalue weighted by Crippen LogP contribution is -2.26. The lowest BCUT2D eigenvalue weighted by Gasteiger charge is -2.15. The van der Waals surface area contributed by atoms with Crippen LogP contribution in [0.2, 0.25) is 5.02 Å². The Labute approximate surface area is 174 Å². The van der Waals surface area contributed by atoms with Crippen LogP contribution in [-0.4, -0.2) is 43.1 Å². The number of benzene rings is 1. The Hall–Kier alpha value is -3.79. The van der Waals surface area contributed by atoms with E-state index < -0.39 is 23.8 Å². The molecular formula is C19H15ClFN5O4. The predicted octanol–water partition coefficient (Wildman–Crippen LogP) is 3.66. The lowest BCUT2D eigenvalue weighted by molar-refractivity contribution is -0.137.